The molecule has 1 fully saturated rings. The third-order valence-corrected chi connectivity index (χ3v) is 6.80. The minimum absolute atomic E-state index is 0.000737. The number of amides is 2. The van der Waals surface area contributed by atoms with Crippen LogP contribution in [0, 0.1) is 13.8 Å². The van der Waals surface area contributed by atoms with Gasteiger partial charge in [-0.1, -0.05) is 12.1 Å². The molecule has 0 atom stereocenters. The number of nitrogens with zero attached hydrogens (tertiary/aromatic N) is 3. The Balaban J connectivity index is 1.53. The van der Waals surface area contributed by atoms with E-state index in [0.29, 0.717) is 17.0 Å². The molecule has 0 saturated carbocycles. The molecule has 1 N–H and O–H groups in total. The van der Waals surface area contributed by atoms with Crippen LogP contribution in [-0.4, -0.2) is 63.8 Å². The Hall–Kier alpha value is -3.40. The Bertz CT molecular complexity index is 1170. The molecule has 1 aliphatic heterocycles. The number of nitrogens with one attached hydrogen (secondary N) is 1. The maximum absolute atomic E-state index is 12.4. The second-order valence-corrected chi connectivity index (χ2v) is 10.6. The van der Waals surface area contributed by atoms with E-state index in [2.05, 4.69) is 10.5 Å². The minimum Gasteiger partial charge on any atom is -0.484 e. The monoisotopic (exact) mass is 500 g/mol. The van der Waals surface area contributed by atoms with Crippen molar-refractivity contribution in [3.63, 3.8) is 0 Å². The van der Waals surface area contributed by atoms with Gasteiger partial charge >= 0.3 is 0 Å². The number of sulfonamides is 1. The van der Waals surface area contributed by atoms with Crippen molar-refractivity contribution in [3.05, 3.63) is 59.2 Å². The molecule has 2 aromatic carbocycles. The van der Waals surface area contributed by atoms with Crippen molar-refractivity contribution in [2.75, 3.05) is 36.8 Å². The van der Waals surface area contributed by atoms with Crippen LogP contribution in [0.3, 0.4) is 0 Å². The molecule has 10 heteroatoms. The van der Waals surface area contributed by atoms with Crippen molar-refractivity contribution >= 4 is 33.7 Å². The van der Waals surface area contributed by atoms with Gasteiger partial charge in [0.2, 0.25) is 10.0 Å². The summed E-state index contributed by atoms with van der Waals surface area (Å²) in [6.45, 7) is 4.83. The molecule has 0 aliphatic carbocycles. The van der Waals surface area contributed by atoms with E-state index in [1.54, 1.807) is 37.3 Å². The van der Waals surface area contributed by atoms with E-state index in [-0.39, 0.29) is 12.5 Å². The maximum atomic E-state index is 12.4. The molecule has 0 bridgehead atoms. The number of ether oxygens (including phenoxy) is 1. The number of aryl methyl sites for hydroxylation is 2. The Kier molecular flexibility index (Phi) is 8.86. The van der Waals surface area contributed by atoms with Crippen molar-refractivity contribution in [1.82, 2.24) is 10.3 Å². The van der Waals surface area contributed by atoms with E-state index in [9.17, 15) is 18.0 Å². The number of hydrogen-bond donors (Lipinski definition) is 1. The highest BCUT2D eigenvalue weighted by atomic mass is 32.2. The van der Waals surface area contributed by atoms with Gasteiger partial charge in [0.05, 0.1) is 18.2 Å². The zero-order chi connectivity index (χ0) is 25.4. The van der Waals surface area contributed by atoms with Gasteiger partial charge in [0.15, 0.2) is 6.61 Å². The van der Waals surface area contributed by atoms with Gasteiger partial charge in [-0.05, 0) is 80.1 Å². The summed E-state index contributed by atoms with van der Waals surface area (Å²) in [5, 5.41) is 3.93. The molecule has 0 aromatic heterocycles. The summed E-state index contributed by atoms with van der Waals surface area (Å²) < 4.78 is 31.3. The maximum Gasteiger partial charge on any atom is 0.260 e. The van der Waals surface area contributed by atoms with Crippen LogP contribution in [0.4, 0.5) is 5.69 Å². The van der Waals surface area contributed by atoms with Gasteiger partial charge in [-0.2, -0.15) is 5.10 Å². The number of likely N-dealkylation sites (tertiary alicyclic amines) is 1. The predicted octanol–water partition coefficient (Wildman–Crippen LogP) is 2.61. The zero-order valence-electron chi connectivity index (χ0n) is 20.4. The molecule has 9 nitrogen and oxygen atoms in total. The van der Waals surface area contributed by atoms with Crippen molar-refractivity contribution < 1.29 is 22.7 Å². The first-order valence-corrected chi connectivity index (χ1v) is 13.4. The fraction of sp³-hybridized carbons (Fsp3) is 0.400. The quantitative estimate of drug-likeness (QED) is 0.421. The van der Waals surface area contributed by atoms with Crippen LogP contribution < -0.4 is 14.5 Å². The first-order chi connectivity index (χ1) is 16.6. The van der Waals surface area contributed by atoms with Crippen molar-refractivity contribution in [2.24, 2.45) is 5.10 Å². The molecule has 1 aliphatic rings. The van der Waals surface area contributed by atoms with Crippen LogP contribution >= 0.6 is 0 Å². The van der Waals surface area contributed by atoms with Gasteiger partial charge in [0.25, 0.3) is 11.8 Å². The molecule has 1 heterocycles. The van der Waals surface area contributed by atoms with Crippen molar-refractivity contribution in [2.45, 2.75) is 33.1 Å². The Morgan fingerprint density at radius 3 is 2.43 bits per heavy atom. The van der Waals surface area contributed by atoms with Gasteiger partial charge in [-0.15, -0.1) is 0 Å². The molecule has 35 heavy (non-hydrogen) atoms. The van der Waals surface area contributed by atoms with E-state index >= 15 is 0 Å². The standard InChI is InChI=1S/C25H32N4O5S/c1-19-7-8-20(2)23(15-19)29(35(3,32)33)17-24(30)27-26-16-21-9-11-22(12-10-21)34-18-25(31)28-13-5-4-6-14-28/h7-12,15-16H,4-6,13-14,17-18H2,1-3H3,(H,27,30)/b26-16-. The van der Waals surface area contributed by atoms with E-state index in [0.717, 1.165) is 54.0 Å². The van der Waals surface area contributed by atoms with Crippen molar-refractivity contribution in [3.8, 4) is 5.75 Å². The normalized spacial score (nSPS) is 14.1. The fourth-order valence-electron chi connectivity index (χ4n) is 3.74. The molecule has 0 spiro atoms. The number of benzene rings is 2. The average molecular weight is 501 g/mol. The van der Waals surface area contributed by atoms with E-state index in [1.807, 2.05) is 24.0 Å². The molecule has 2 aromatic rings. The number of carbonyl (C=O) groups is 2. The minimum atomic E-state index is -3.67. The number of anilines is 1. The lowest BCUT2D eigenvalue weighted by atomic mass is 10.1. The van der Waals surface area contributed by atoms with E-state index in [4.69, 9.17) is 4.74 Å². The first-order valence-electron chi connectivity index (χ1n) is 11.5. The van der Waals surface area contributed by atoms with Gasteiger partial charge in [-0.25, -0.2) is 13.8 Å². The summed E-state index contributed by atoms with van der Waals surface area (Å²) in [5.41, 5.74) is 5.17. The number of hydrazone groups is 1. The van der Waals surface area contributed by atoms with E-state index in [1.165, 1.54) is 6.21 Å². The highest BCUT2D eigenvalue weighted by Crippen LogP contribution is 2.23. The van der Waals surface area contributed by atoms with Gasteiger partial charge in [0, 0.05) is 13.1 Å². The molecule has 0 unspecified atom stereocenters. The van der Waals surface area contributed by atoms with Gasteiger partial charge in [0.1, 0.15) is 12.3 Å². The number of hydrogen-bond acceptors (Lipinski definition) is 6. The van der Waals surface area contributed by atoms with Crippen LogP contribution in [0.15, 0.2) is 47.6 Å². The second-order valence-electron chi connectivity index (χ2n) is 8.65. The molecular formula is C25H32N4O5S. The Labute approximate surface area is 206 Å². The second kappa shape index (κ2) is 11.8. The van der Waals surface area contributed by atoms with Crippen LogP contribution in [0.1, 0.15) is 36.0 Å². The van der Waals surface area contributed by atoms with Crippen LogP contribution in [0.25, 0.3) is 0 Å². The topological polar surface area (TPSA) is 108 Å². The number of piperidine rings is 1. The highest BCUT2D eigenvalue weighted by molar-refractivity contribution is 7.92. The molecule has 0 radical (unpaired) electrons. The summed E-state index contributed by atoms with van der Waals surface area (Å²) in [6, 6.07) is 12.4. The van der Waals surface area contributed by atoms with Crippen LogP contribution in [0.2, 0.25) is 0 Å². The lowest BCUT2D eigenvalue weighted by molar-refractivity contribution is -0.134. The number of carbonyl (C=O) groups excluding carboxylic acids is 2. The third-order valence-electron chi connectivity index (χ3n) is 5.67. The fourth-order valence-corrected chi connectivity index (χ4v) is 4.65. The Morgan fingerprint density at radius 2 is 1.77 bits per heavy atom. The lowest BCUT2D eigenvalue weighted by Crippen LogP contribution is -2.39. The first kappa shape index (κ1) is 26.2. The molecule has 188 valence electrons. The summed E-state index contributed by atoms with van der Waals surface area (Å²) >= 11 is 0. The SMILES string of the molecule is Cc1ccc(C)c(N(CC(=O)N/N=C\c2ccc(OCC(=O)N3CCCCC3)cc2)S(C)(=O)=O)c1. The largest absolute Gasteiger partial charge is 0.484 e. The molecule has 1 saturated heterocycles. The van der Waals surface area contributed by atoms with Crippen LogP contribution in [-0.2, 0) is 19.6 Å². The smallest absolute Gasteiger partial charge is 0.260 e. The van der Waals surface area contributed by atoms with Crippen molar-refractivity contribution in [1.29, 1.82) is 0 Å². The molecular weight excluding hydrogens is 468 g/mol. The summed E-state index contributed by atoms with van der Waals surface area (Å²) in [4.78, 5) is 26.4. The predicted molar refractivity (Wildman–Crippen MR) is 136 cm³/mol. The summed E-state index contributed by atoms with van der Waals surface area (Å²) in [6.07, 6.45) is 5.75. The van der Waals surface area contributed by atoms with Crippen LogP contribution in [0.5, 0.6) is 5.75 Å². The summed E-state index contributed by atoms with van der Waals surface area (Å²) in [5.74, 6) is -0.0142. The lowest BCUT2D eigenvalue weighted by Gasteiger charge is -2.26. The molecule has 3 rings (SSSR count). The number of rotatable bonds is 9. The van der Waals surface area contributed by atoms with E-state index < -0.39 is 22.5 Å². The van der Waals surface area contributed by atoms with Gasteiger partial charge in [-0.3, -0.25) is 13.9 Å². The van der Waals surface area contributed by atoms with Gasteiger partial charge < -0.3 is 9.64 Å². The molecule has 2 amide bonds. The zero-order valence-corrected chi connectivity index (χ0v) is 21.2. The third kappa shape index (κ3) is 7.81. The summed E-state index contributed by atoms with van der Waals surface area (Å²) in [7, 11) is -3.67. The Morgan fingerprint density at radius 1 is 1.09 bits per heavy atom. The average Bonchev–Trinajstić information content (AvgIpc) is 2.83. The highest BCUT2D eigenvalue weighted by Gasteiger charge is 2.22.